The highest BCUT2D eigenvalue weighted by Crippen LogP contribution is 2.47. The highest BCUT2D eigenvalue weighted by molar-refractivity contribution is 7.91. The normalized spacial score (nSPS) is 20.7. The third-order valence-electron chi connectivity index (χ3n) is 3.37. The van der Waals surface area contributed by atoms with E-state index >= 15 is 0 Å². The summed E-state index contributed by atoms with van der Waals surface area (Å²) in [4.78, 5) is 0. The molecular formula is C11H23NO3S. The molecule has 1 fully saturated rings. The average molecular weight is 249 g/mol. The molecule has 16 heavy (non-hydrogen) atoms. The van der Waals surface area contributed by atoms with Crippen LogP contribution in [0.2, 0.25) is 0 Å². The summed E-state index contributed by atoms with van der Waals surface area (Å²) in [5, 5.41) is 12.2. The van der Waals surface area contributed by atoms with Gasteiger partial charge in [-0.25, -0.2) is 8.42 Å². The molecule has 0 aliphatic heterocycles. The van der Waals surface area contributed by atoms with Crippen molar-refractivity contribution in [2.24, 2.45) is 5.41 Å². The zero-order valence-corrected chi connectivity index (χ0v) is 11.0. The predicted octanol–water partition coefficient (Wildman–Crippen LogP) is 0.562. The van der Waals surface area contributed by atoms with Gasteiger partial charge in [-0.05, 0) is 31.6 Å². The minimum absolute atomic E-state index is 0.00104. The fraction of sp³-hybridized carbons (Fsp3) is 1.00. The van der Waals surface area contributed by atoms with Crippen molar-refractivity contribution in [2.45, 2.75) is 39.2 Å². The van der Waals surface area contributed by atoms with Gasteiger partial charge < -0.3 is 10.4 Å². The molecule has 1 saturated carbocycles. The molecule has 96 valence electrons. The van der Waals surface area contributed by atoms with Gasteiger partial charge in [-0.15, -0.1) is 0 Å². The van der Waals surface area contributed by atoms with E-state index in [0.717, 1.165) is 25.8 Å². The van der Waals surface area contributed by atoms with Gasteiger partial charge in [-0.3, -0.25) is 0 Å². The molecule has 0 aromatic rings. The predicted molar refractivity (Wildman–Crippen MR) is 65.2 cm³/mol. The molecule has 0 amide bonds. The molecule has 0 saturated heterocycles. The molecule has 5 heteroatoms. The number of sulfone groups is 1. The first-order chi connectivity index (χ1) is 7.43. The van der Waals surface area contributed by atoms with Gasteiger partial charge in [0.1, 0.15) is 0 Å². The van der Waals surface area contributed by atoms with Crippen LogP contribution in [0.25, 0.3) is 0 Å². The highest BCUT2D eigenvalue weighted by Gasteiger charge is 2.41. The van der Waals surface area contributed by atoms with E-state index in [-0.39, 0.29) is 29.6 Å². The lowest BCUT2D eigenvalue weighted by molar-refractivity contribution is 0.243. The molecule has 4 nitrogen and oxygen atoms in total. The number of nitrogens with one attached hydrogen (secondary N) is 1. The van der Waals surface area contributed by atoms with Crippen LogP contribution < -0.4 is 5.32 Å². The van der Waals surface area contributed by atoms with Gasteiger partial charge in [0.15, 0.2) is 9.84 Å². The van der Waals surface area contributed by atoms with Gasteiger partial charge in [-0.1, -0.05) is 6.92 Å². The second-order valence-corrected chi connectivity index (χ2v) is 7.35. The fourth-order valence-electron chi connectivity index (χ4n) is 1.88. The van der Waals surface area contributed by atoms with Crippen LogP contribution in [0.4, 0.5) is 0 Å². The zero-order valence-electron chi connectivity index (χ0n) is 10.2. The lowest BCUT2D eigenvalue weighted by Gasteiger charge is -2.19. The van der Waals surface area contributed by atoms with E-state index in [0.29, 0.717) is 0 Å². The molecule has 0 heterocycles. The molecule has 0 bridgehead atoms. The Morgan fingerprint density at radius 1 is 1.44 bits per heavy atom. The Kier molecular flexibility index (Phi) is 4.76. The summed E-state index contributed by atoms with van der Waals surface area (Å²) in [5.41, 5.74) is 0.249. The molecule has 2 N–H and O–H groups in total. The monoisotopic (exact) mass is 249 g/mol. The van der Waals surface area contributed by atoms with E-state index in [1.54, 1.807) is 6.92 Å². The van der Waals surface area contributed by atoms with E-state index in [4.69, 9.17) is 5.11 Å². The molecule has 1 unspecified atom stereocenters. The van der Waals surface area contributed by atoms with Crippen LogP contribution in [-0.2, 0) is 9.84 Å². The summed E-state index contributed by atoms with van der Waals surface area (Å²) < 4.78 is 22.8. The molecule has 1 atom stereocenters. The lowest BCUT2D eigenvalue weighted by atomic mass is 10.0. The summed E-state index contributed by atoms with van der Waals surface area (Å²) in [6.07, 6.45) is 3.12. The summed E-state index contributed by atoms with van der Waals surface area (Å²) in [5.74, 6) is 0.416. The van der Waals surface area contributed by atoms with E-state index in [9.17, 15) is 8.42 Å². The Hall–Kier alpha value is -0.130. The summed E-state index contributed by atoms with van der Waals surface area (Å²) in [7, 11) is -2.89. The molecule has 0 aromatic heterocycles. The highest BCUT2D eigenvalue weighted by atomic mass is 32.2. The van der Waals surface area contributed by atoms with Gasteiger partial charge in [-0.2, -0.15) is 0 Å². The molecule has 1 rings (SSSR count). The van der Waals surface area contributed by atoms with Crippen molar-refractivity contribution >= 4 is 9.84 Å². The van der Waals surface area contributed by atoms with Crippen molar-refractivity contribution in [3.63, 3.8) is 0 Å². The van der Waals surface area contributed by atoms with Crippen LogP contribution in [-0.4, -0.2) is 44.2 Å². The van der Waals surface area contributed by atoms with Gasteiger partial charge >= 0.3 is 0 Å². The number of rotatable bonds is 8. The first-order valence-corrected chi connectivity index (χ1v) is 7.80. The third kappa shape index (κ3) is 4.39. The quantitative estimate of drug-likeness (QED) is 0.660. The number of hydrogen-bond acceptors (Lipinski definition) is 4. The van der Waals surface area contributed by atoms with Crippen molar-refractivity contribution in [2.75, 3.05) is 24.7 Å². The maximum Gasteiger partial charge on any atom is 0.151 e. The Morgan fingerprint density at radius 3 is 2.50 bits per heavy atom. The van der Waals surface area contributed by atoms with Crippen LogP contribution in [0.5, 0.6) is 0 Å². The smallest absolute Gasteiger partial charge is 0.151 e. The van der Waals surface area contributed by atoms with Crippen molar-refractivity contribution < 1.29 is 13.5 Å². The minimum atomic E-state index is -2.89. The van der Waals surface area contributed by atoms with E-state index in [1.165, 1.54) is 0 Å². The molecule has 0 aromatic carbocycles. The zero-order chi connectivity index (χ0) is 12.2. The number of hydrogen-bond donors (Lipinski definition) is 2. The fourth-order valence-corrected chi connectivity index (χ4v) is 2.99. The maximum atomic E-state index is 11.4. The lowest BCUT2D eigenvalue weighted by Crippen LogP contribution is -2.37. The number of aliphatic hydroxyl groups is 1. The Morgan fingerprint density at radius 2 is 2.06 bits per heavy atom. The summed E-state index contributed by atoms with van der Waals surface area (Å²) in [6.45, 7) is 4.63. The van der Waals surface area contributed by atoms with Crippen molar-refractivity contribution in [3.05, 3.63) is 0 Å². The van der Waals surface area contributed by atoms with Crippen molar-refractivity contribution in [1.29, 1.82) is 0 Å². The average Bonchev–Trinajstić information content (AvgIpc) is 2.96. The van der Waals surface area contributed by atoms with Gasteiger partial charge in [0.05, 0.1) is 5.75 Å². The van der Waals surface area contributed by atoms with Gasteiger partial charge in [0.2, 0.25) is 0 Å². The van der Waals surface area contributed by atoms with Crippen LogP contribution in [0.3, 0.4) is 0 Å². The maximum absolute atomic E-state index is 11.4. The van der Waals surface area contributed by atoms with Crippen LogP contribution >= 0.6 is 0 Å². The second kappa shape index (κ2) is 5.47. The van der Waals surface area contributed by atoms with E-state index in [1.807, 2.05) is 6.92 Å². The topological polar surface area (TPSA) is 66.4 Å². The molecule has 1 aliphatic carbocycles. The molecule has 0 radical (unpaired) electrons. The van der Waals surface area contributed by atoms with Gasteiger partial charge in [0, 0.05) is 24.9 Å². The largest absolute Gasteiger partial charge is 0.396 e. The van der Waals surface area contributed by atoms with E-state index in [2.05, 4.69) is 5.32 Å². The Labute approximate surface area is 98.4 Å². The first-order valence-electron chi connectivity index (χ1n) is 5.98. The summed E-state index contributed by atoms with van der Waals surface area (Å²) >= 11 is 0. The Balaban J connectivity index is 2.28. The number of aliphatic hydroxyl groups excluding tert-OH is 1. The Bertz CT molecular complexity index is 309. The van der Waals surface area contributed by atoms with Crippen molar-refractivity contribution in [3.8, 4) is 0 Å². The molecular weight excluding hydrogens is 226 g/mol. The van der Waals surface area contributed by atoms with Crippen LogP contribution in [0, 0.1) is 5.41 Å². The SMILES string of the molecule is CCS(=O)(=O)CC(C)NCC1(CCO)CC1. The second-order valence-electron chi connectivity index (χ2n) is 4.95. The van der Waals surface area contributed by atoms with Gasteiger partial charge in [0.25, 0.3) is 0 Å². The molecule has 0 spiro atoms. The summed E-state index contributed by atoms with van der Waals surface area (Å²) in [6, 6.07) is 0.00104. The third-order valence-corrected chi connectivity index (χ3v) is 5.26. The first kappa shape index (κ1) is 13.9. The van der Waals surface area contributed by atoms with Crippen molar-refractivity contribution in [1.82, 2.24) is 5.32 Å². The van der Waals surface area contributed by atoms with E-state index < -0.39 is 9.84 Å². The molecule has 1 aliphatic rings. The standard InChI is InChI=1S/C11H23NO3S/c1-3-16(14,15)8-10(2)12-9-11(4-5-11)6-7-13/h10,12-13H,3-9H2,1-2H3. The minimum Gasteiger partial charge on any atom is -0.396 e. The van der Waals surface area contributed by atoms with Crippen LogP contribution in [0.15, 0.2) is 0 Å². The van der Waals surface area contributed by atoms with Crippen LogP contribution in [0.1, 0.15) is 33.1 Å².